The topological polar surface area (TPSA) is 73.4 Å². The van der Waals surface area contributed by atoms with Crippen molar-refractivity contribution in [1.29, 1.82) is 0 Å². The Labute approximate surface area is 104 Å². The van der Waals surface area contributed by atoms with Crippen molar-refractivity contribution in [2.45, 2.75) is 6.61 Å². The Kier molecular flexibility index (Phi) is 3.47. The fourth-order valence-electron chi connectivity index (χ4n) is 1.75. The first-order valence-electron chi connectivity index (χ1n) is 5.33. The molecule has 2 heterocycles. The highest BCUT2D eigenvalue weighted by Gasteiger charge is 2.14. The van der Waals surface area contributed by atoms with Gasteiger partial charge in [-0.2, -0.15) is 0 Å². The first-order chi connectivity index (χ1) is 8.69. The number of nitrogens with one attached hydrogen (secondary N) is 1. The molecule has 6 nitrogen and oxygen atoms in total. The number of hydrogen-bond acceptors (Lipinski definition) is 5. The fourth-order valence-corrected chi connectivity index (χ4v) is 1.75. The molecule has 0 bridgehead atoms. The summed E-state index contributed by atoms with van der Waals surface area (Å²) in [6.45, 7) is 0.374. The molecule has 0 saturated carbocycles. The highest BCUT2D eigenvalue weighted by Crippen LogP contribution is 2.25. The highest BCUT2D eigenvalue weighted by atomic mass is 16.5. The Bertz CT molecular complexity index is 577. The molecule has 0 fully saturated rings. The SMILES string of the molecule is COCc1cc2[nH]c(C(=O)OC)cc2c(OC)n1. The van der Waals surface area contributed by atoms with Crippen LogP contribution in [0.1, 0.15) is 16.2 Å². The van der Waals surface area contributed by atoms with Crippen LogP contribution in [0, 0.1) is 0 Å². The summed E-state index contributed by atoms with van der Waals surface area (Å²) in [5.74, 6) is 0.0208. The van der Waals surface area contributed by atoms with Crippen LogP contribution in [0.4, 0.5) is 0 Å². The lowest BCUT2D eigenvalue weighted by atomic mass is 10.2. The van der Waals surface area contributed by atoms with Gasteiger partial charge >= 0.3 is 5.97 Å². The average Bonchev–Trinajstić information content (AvgIpc) is 2.81. The monoisotopic (exact) mass is 250 g/mol. The molecule has 6 heteroatoms. The summed E-state index contributed by atoms with van der Waals surface area (Å²) < 4.78 is 14.9. The standard InChI is InChI=1S/C12H14N2O4/c1-16-6-7-4-9-8(11(13-7)17-2)5-10(14-9)12(15)18-3/h4-5,14H,6H2,1-3H3. The van der Waals surface area contributed by atoms with Gasteiger partial charge in [0, 0.05) is 7.11 Å². The van der Waals surface area contributed by atoms with Crippen molar-refractivity contribution < 1.29 is 19.0 Å². The summed E-state index contributed by atoms with van der Waals surface area (Å²) in [6.07, 6.45) is 0. The fraction of sp³-hybridized carbons (Fsp3) is 0.333. The third-order valence-electron chi connectivity index (χ3n) is 2.53. The van der Waals surface area contributed by atoms with E-state index in [1.54, 1.807) is 13.2 Å². The van der Waals surface area contributed by atoms with E-state index in [9.17, 15) is 4.79 Å². The number of methoxy groups -OCH3 is 3. The molecule has 2 aromatic heterocycles. The van der Waals surface area contributed by atoms with Crippen LogP contribution in [0.2, 0.25) is 0 Å². The molecule has 0 aliphatic carbocycles. The third kappa shape index (κ3) is 2.14. The number of carbonyl (C=O) groups is 1. The molecule has 0 amide bonds. The molecule has 2 rings (SSSR count). The molecule has 2 aromatic rings. The number of pyridine rings is 1. The number of carbonyl (C=O) groups excluding carboxylic acids is 1. The summed E-state index contributed by atoms with van der Waals surface area (Å²) in [4.78, 5) is 18.7. The zero-order valence-electron chi connectivity index (χ0n) is 10.4. The van der Waals surface area contributed by atoms with Crippen molar-refractivity contribution >= 4 is 16.9 Å². The molecular formula is C12H14N2O4. The third-order valence-corrected chi connectivity index (χ3v) is 2.53. The van der Waals surface area contributed by atoms with Crippen molar-refractivity contribution in [2.75, 3.05) is 21.3 Å². The second kappa shape index (κ2) is 5.05. The number of fused-ring (bicyclic) bond motifs is 1. The van der Waals surface area contributed by atoms with Gasteiger partial charge in [0.05, 0.1) is 37.4 Å². The van der Waals surface area contributed by atoms with Gasteiger partial charge in [0.15, 0.2) is 0 Å². The van der Waals surface area contributed by atoms with E-state index in [2.05, 4.69) is 14.7 Å². The van der Waals surface area contributed by atoms with Gasteiger partial charge in [0.2, 0.25) is 5.88 Å². The maximum absolute atomic E-state index is 11.5. The molecule has 1 N–H and O–H groups in total. The molecule has 0 aliphatic rings. The van der Waals surface area contributed by atoms with Gasteiger partial charge in [0.25, 0.3) is 0 Å². The number of aromatic amines is 1. The van der Waals surface area contributed by atoms with E-state index in [1.165, 1.54) is 14.2 Å². The first kappa shape index (κ1) is 12.4. The van der Waals surface area contributed by atoms with Crippen LogP contribution >= 0.6 is 0 Å². The van der Waals surface area contributed by atoms with Crippen molar-refractivity contribution in [3.8, 4) is 5.88 Å². The summed E-state index contributed by atoms with van der Waals surface area (Å²) in [5, 5.41) is 0.734. The summed E-state index contributed by atoms with van der Waals surface area (Å²) in [6, 6.07) is 3.47. The predicted molar refractivity (Wildman–Crippen MR) is 64.7 cm³/mol. The maximum Gasteiger partial charge on any atom is 0.354 e. The maximum atomic E-state index is 11.5. The Morgan fingerprint density at radius 1 is 1.33 bits per heavy atom. The van der Waals surface area contributed by atoms with Crippen molar-refractivity contribution in [1.82, 2.24) is 9.97 Å². The van der Waals surface area contributed by atoms with E-state index >= 15 is 0 Å². The van der Waals surface area contributed by atoms with Gasteiger partial charge in [-0.25, -0.2) is 9.78 Å². The van der Waals surface area contributed by atoms with E-state index in [4.69, 9.17) is 9.47 Å². The van der Waals surface area contributed by atoms with Crippen LogP contribution in [0.5, 0.6) is 5.88 Å². The highest BCUT2D eigenvalue weighted by molar-refractivity contribution is 5.96. The zero-order valence-corrected chi connectivity index (χ0v) is 10.4. The quantitative estimate of drug-likeness (QED) is 0.832. The Hall–Kier alpha value is -2.08. The first-order valence-corrected chi connectivity index (χ1v) is 5.33. The van der Waals surface area contributed by atoms with Crippen molar-refractivity contribution in [3.63, 3.8) is 0 Å². The lowest BCUT2D eigenvalue weighted by molar-refractivity contribution is 0.0595. The van der Waals surface area contributed by atoms with Gasteiger partial charge in [-0.3, -0.25) is 0 Å². The number of hydrogen-bond donors (Lipinski definition) is 1. The van der Waals surface area contributed by atoms with Gasteiger partial charge in [0.1, 0.15) is 5.69 Å². The molecule has 0 aliphatic heterocycles. The largest absolute Gasteiger partial charge is 0.480 e. The van der Waals surface area contributed by atoms with Gasteiger partial charge in [-0.15, -0.1) is 0 Å². The van der Waals surface area contributed by atoms with Gasteiger partial charge in [-0.05, 0) is 12.1 Å². The number of nitrogens with zero attached hydrogens (tertiary/aromatic N) is 1. The van der Waals surface area contributed by atoms with Crippen LogP contribution in [-0.4, -0.2) is 37.3 Å². The molecule has 0 aromatic carbocycles. The van der Waals surface area contributed by atoms with Crippen LogP contribution in [-0.2, 0) is 16.1 Å². The Morgan fingerprint density at radius 3 is 2.72 bits per heavy atom. The van der Waals surface area contributed by atoms with Crippen LogP contribution in [0.3, 0.4) is 0 Å². The normalized spacial score (nSPS) is 10.6. The van der Waals surface area contributed by atoms with Crippen LogP contribution < -0.4 is 4.74 Å². The number of rotatable bonds is 4. The van der Waals surface area contributed by atoms with Crippen LogP contribution in [0.15, 0.2) is 12.1 Å². The molecule has 96 valence electrons. The summed E-state index contributed by atoms with van der Waals surface area (Å²) in [7, 11) is 4.45. The number of aromatic nitrogens is 2. The molecule has 0 atom stereocenters. The zero-order chi connectivity index (χ0) is 13.1. The second-order valence-corrected chi connectivity index (χ2v) is 3.69. The van der Waals surface area contributed by atoms with E-state index in [1.807, 2.05) is 6.07 Å². The van der Waals surface area contributed by atoms with E-state index in [0.29, 0.717) is 18.2 Å². The molecule has 0 unspecified atom stereocenters. The minimum absolute atomic E-state index is 0.363. The van der Waals surface area contributed by atoms with E-state index in [-0.39, 0.29) is 0 Å². The Balaban J connectivity index is 2.55. The lowest BCUT2D eigenvalue weighted by Gasteiger charge is -2.04. The number of ether oxygens (including phenoxy) is 3. The lowest BCUT2D eigenvalue weighted by Crippen LogP contribution is -2.00. The summed E-state index contributed by atoms with van der Waals surface area (Å²) in [5.41, 5.74) is 1.84. The molecule has 0 spiro atoms. The smallest absolute Gasteiger partial charge is 0.354 e. The molecule has 0 saturated heterocycles. The predicted octanol–water partition coefficient (Wildman–Crippen LogP) is 1.50. The number of H-pyrrole nitrogens is 1. The molecular weight excluding hydrogens is 236 g/mol. The summed E-state index contributed by atoms with van der Waals surface area (Å²) >= 11 is 0. The minimum Gasteiger partial charge on any atom is -0.480 e. The van der Waals surface area contributed by atoms with Crippen molar-refractivity contribution in [3.05, 3.63) is 23.5 Å². The van der Waals surface area contributed by atoms with E-state index in [0.717, 1.165) is 16.6 Å². The van der Waals surface area contributed by atoms with Gasteiger partial charge < -0.3 is 19.2 Å². The van der Waals surface area contributed by atoms with Gasteiger partial charge in [-0.1, -0.05) is 0 Å². The molecule has 0 radical (unpaired) electrons. The Morgan fingerprint density at radius 2 is 2.11 bits per heavy atom. The van der Waals surface area contributed by atoms with E-state index < -0.39 is 5.97 Å². The average molecular weight is 250 g/mol. The van der Waals surface area contributed by atoms with Crippen LogP contribution in [0.25, 0.3) is 10.9 Å². The second-order valence-electron chi connectivity index (χ2n) is 3.69. The molecule has 18 heavy (non-hydrogen) atoms. The minimum atomic E-state index is -0.429. The number of esters is 1. The van der Waals surface area contributed by atoms with Crippen molar-refractivity contribution in [2.24, 2.45) is 0 Å².